The highest BCUT2D eigenvalue weighted by Crippen LogP contribution is 2.55. The van der Waals surface area contributed by atoms with Gasteiger partial charge in [0.1, 0.15) is 12.2 Å². The molecular formula is C21H22N3O4-. The molecule has 0 radical (unpaired) electrons. The molecule has 0 unspecified atom stereocenters. The zero-order valence-electron chi connectivity index (χ0n) is 15.5. The van der Waals surface area contributed by atoms with Gasteiger partial charge in [0.05, 0.1) is 11.4 Å². The summed E-state index contributed by atoms with van der Waals surface area (Å²) in [4.78, 5) is 37.0. The first kappa shape index (κ1) is 17.4. The molecule has 1 heterocycles. The minimum Gasteiger partial charge on any atom is -0.543 e. The molecule has 2 aromatic rings. The molecule has 7 heteroatoms. The number of rotatable bonds is 4. The van der Waals surface area contributed by atoms with E-state index in [1.165, 1.54) is 25.3 Å². The monoisotopic (exact) mass is 380 g/mol. The standard InChI is InChI=1S/C21H23N3O4/c25-17(22-21-8-12-5-13(9-21)7-14(6-12)10-21)11-24-19(26)16-4-2-1-3-15(16)18(23-24)20(27)28/h1-4,12-14H,5-11H2,(H,22,25)(H,27,28)/p-1. The molecule has 1 aromatic carbocycles. The molecule has 0 spiro atoms. The van der Waals surface area contributed by atoms with Gasteiger partial charge in [0.15, 0.2) is 0 Å². The van der Waals surface area contributed by atoms with Crippen molar-refractivity contribution >= 4 is 22.6 Å². The van der Waals surface area contributed by atoms with E-state index in [9.17, 15) is 19.5 Å². The normalized spacial score (nSPS) is 30.5. The lowest BCUT2D eigenvalue weighted by molar-refractivity contribution is -0.255. The molecule has 4 fully saturated rings. The number of hydrogen-bond acceptors (Lipinski definition) is 5. The van der Waals surface area contributed by atoms with Gasteiger partial charge in [0.25, 0.3) is 5.56 Å². The number of hydrogen-bond donors (Lipinski definition) is 1. The van der Waals surface area contributed by atoms with Gasteiger partial charge in [-0.2, -0.15) is 5.10 Å². The summed E-state index contributed by atoms with van der Waals surface area (Å²) >= 11 is 0. The minimum absolute atomic E-state index is 0.163. The Labute approximate surface area is 161 Å². The number of carboxylic acid groups (broad SMARTS) is 1. The third-order valence-electron chi connectivity index (χ3n) is 6.80. The largest absolute Gasteiger partial charge is 0.543 e. The maximum Gasteiger partial charge on any atom is 0.275 e. The molecule has 4 bridgehead atoms. The van der Waals surface area contributed by atoms with E-state index >= 15 is 0 Å². The smallest absolute Gasteiger partial charge is 0.275 e. The highest BCUT2D eigenvalue weighted by Gasteiger charge is 2.51. The molecule has 1 aromatic heterocycles. The number of carbonyl (C=O) groups is 2. The number of aromatic carboxylic acids is 1. The molecule has 1 N–H and O–H groups in total. The summed E-state index contributed by atoms with van der Waals surface area (Å²) in [7, 11) is 0. The molecule has 0 atom stereocenters. The predicted molar refractivity (Wildman–Crippen MR) is 99.4 cm³/mol. The van der Waals surface area contributed by atoms with E-state index in [1.54, 1.807) is 18.2 Å². The van der Waals surface area contributed by atoms with Crippen LogP contribution in [0, 0.1) is 17.8 Å². The van der Waals surface area contributed by atoms with Gasteiger partial charge in [-0.1, -0.05) is 18.2 Å². The predicted octanol–water partition coefficient (Wildman–Crippen LogP) is 0.845. The van der Waals surface area contributed by atoms with Crippen LogP contribution in [0.15, 0.2) is 29.1 Å². The summed E-state index contributed by atoms with van der Waals surface area (Å²) in [5, 5.41) is 19.0. The third-order valence-corrected chi connectivity index (χ3v) is 6.80. The van der Waals surface area contributed by atoms with Gasteiger partial charge in [-0.05, 0) is 62.3 Å². The van der Waals surface area contributed by atoms with E-state index < -0.39 is 11.5 Å². The highest BCUT2D eigenvalue weighted by atomic mass is 16.4. The van der Waals surface area contributed by atoms with Gasteiger partial charge < -0.3 is 15.2 Å². The molecular weight excluding hydrogens is 358 g/mol. The van der Waals surface area contributed by atoms with E-state index in [1.807, 2.05) is 0 Å². The van der Waals surface area contributed by atoms with E-state index in [0.29, 0.717) is 17.8 Å². The topological polar surface area (TPSA) is 104 Å². The van der Waals surface area contributed by atoms with Crippen LogP contribution in [0.5, 0.6) is 0 Å². The van der Waals surface area contributed by atoms with Gasteiger partial charge in [-0.3, -0.25) is 9.59 Å². The fraction of sp³-hybridized carbons (Fsp3) is 0.524. The number of fused-ring (bicyclic) bond motifs is 1. The lowest BCUT2D eigenvalue weighted by Crippen LogP contribution is -2.60. The molecule has 146 valence electrons. The average molecular weight is 380 g/mol. The van der Waals surface area contributed by atoms with Crippen molar-refractivity contribution in [3.8, 4) is 0 Å². The molecule has 6 rings (SSSR count). The van der Waals surface area contributed by atoms with Crippen molar-refractivity contribution in [3.05, 3.63) is 40.3 Å². The highest BCUT2D eigenvalue weighted by molar-refractivity contribution is 6.00. The van der Waals surface area contributed by atoms with Crippen LogP contribution in [0.4, 0.5) is 0 Å². The maximum absolute atomic E-state index is 12.8. The fourth-order valence-corrected chi connectivity index (χ4v) is 6.23. The summed E-state index contributed by atoms with van der Waals surface area (Å²) in [6.07, 6.45) is 6.85. The first-order valence-electron chi connectivity index (χ1n) is 9.95. The van der Waals surface area contributed by atoms with Crippen LogP contribution in [-0.2, 0) is 11.3 Å². The maximum atomic E-state index is 12.8. The molecule has 28 heavy (non-hydrogen) atoms. The van der Waals surface area contributed by atoms with Crippen LogP contribution < -0.4 is 16.0 Å². The van der Waals surface area contributed by atoms with Crippen molar-refractivity contribution in [3.63, 3.8) is 0 Å². The van der Waals surface area contributed by atoms with Crippen LogP contribution >= 0.6 is 0 Å². The molecule has 4 saturated carbocycles. The lowest BCUT2D eigenvalue weighted by Gasteiger charge is -2.56. The Kier molecular flexibility index (Phi) is 3.82. The lowest BCUT2D eigenvalue weighted by atomic mass is 9.53. The Hall–Kier alpha value is -2.70. The summed E-state index contributed by atoms with van der Waals surface area (Å²) in [5.41, 5.74) is -0.956. The van der Waals surface area contributed by atoms with Crippen molar-refractivity contribution in [1.29, 1.82) is 0 Å². The zero-order valence-corrected chi connectivity index (χ0v) is 15.5. The van der Waals surface area contributed by atoms with Gasteiger partial charge in [0, 0.05) is 10.9 Å². The number of nitrogens with zero attached hydrogens (tertiary/aromatic N) is 2. The number of benzene rings is 1. The number of carbonyl (C=O) groups excluding carboxylic acids is 2. The van der Waals surface area contributed by atoms with Crippen LogP contribution in [0.3, 0.4) is 0 Å². The molecule has 0 aliphatic heterocycles. The van der Waals surface area contributed by atoms with Crippen molar-refractivity contribution in [2.24, 2.45) is 17.8 Å². The van der Waals surface area contributed by atoms with Crippen LogP contribution in [0.25, 0.3) is 10.8 Å². The Balaban J connectivity index is 1.43. The molecule has 1 amide bonds. The Morgan fingerprint density at radius 2 is 1.64 bits per heavy atom. The SMILES string of the molecule is O=C(Cn1nc(C(=O)[O-])c2ccccc2c1=O)NC12CC3CC(CC(C3)C1)C2. The second-order valence-electron chi connectivity index (χ2n) is 8.89. The number of carboxylic acids is 1. The van der Waals surface area contributed by atoms with Crippen LogP contribution in [0.1, 0.15) is 49.0 Å². The van der Waals surface area contributed by atoms with Crippen molar-refractivity contribution in [2.45, 2.75) is 50.6 Å². The van der Waals surface area contributed by atoms with E-state index in [2.05, 4.69) is 10.4 Å². The average Bonchev–Trinajstić information content (AvgIpc) is 2.62. The van der Waals surface area contributed by atoms with Gasteiger partial charge in [-0.15, -0.1) is 0 Å². The first-order valence-corrected chi connectivity index (χ1v) is 9.95. The number of nitrogens with one attached hydrogen (secondary N) is 1. The quantitative estimate of drug-likeness (QED) is 0.847. The Bertz CT molecular complexity index is 1010. The molecule has 7 nitrogen and oxygen atoms in total. The molecule has 0 saturated heterocycles. The van der Waals surface area contributed by atoms with Crippen molar-refractivity contribution in [2.75, 3.05) is 0 Å². The third kappa shape index (κ3) is 2.80. The number of amides is 1. The minimum atomic E-state index is -1.47. The van der Waals surface area contributed by atoms with Gasteiger partial charge in [0.2, 0.25) is 5.91 Å². The Morgan fingerprint density at radius 3 is 2.21 bits per heavy atom. The van der Waals surface area contributed by atoms with Crippen LogP contribution in [-0.4, -0.2) is 27.2 Å². The fourth-order valence-electron chi connectivity index (χ4n) is 6.23. The second-order valence-corrected chi connectivity index (χ2v) is 8.89. The van der Waals surface area contributed by atoms with E-state index in [-0.39, 0.29) is 34.5 Å². The van der Waals surface area contributed by atoms with Crippen LogP contribution in [0.2, 0.25) is 0 Å². The molecule has 4 aliphatic rings. The Morgan fingerprint density at radius 1 is 1.07 bits per heavy atom. The zero-order chi connectivity index (χ0) is 19.5. The summed E-state index contributed by atoms with van der Waals surface area (Å²) < 4.78 is 0.948. The van der Waals surface area contributed by atoms with E-state index in [0.717, 1.165) is 23.9 Å². The van der Waals surface area contributed by atoms with Gasteiger partial charge >= 0.3 is 0 Å². The van der Waals surface area contributed by atoms with Crippen molar-refractivity contribution in [1.82, 2.24) is 15.1 Å². The van der Waals surface area contributed by atoms with Crippen molar-refractivity contribution < 1.29 is 14.7 Å². The first-order chi connectivity index (χ1) is 13.4. The second kappa shape index (κ2) is 6.15. The van der Waals surface area contributed by atoms with Gasteiger partial charge in [-0.25, -0.2) is 4.68 Å². The number of aromatic nitrogens is 2. The van der Waals surface area contributed by atoms with E-state index in [4.69, 9.17) is 0 Å². The summed E-state index contributed by atoms with van der Waals surface area (Å²) in [5.74, 6) is 0.329. The molecule has 4 aliphatic carbocycles. The summed E-state index contributed by atoms with van der Waals surface area (Å²) in [6.45, 7) is -0.286. The summed E-state index contributed by atoms with van der Waals surface area (Å²) in [6, 6.07) is 6.36.